The molecule has 1 aromatic rings. The van der Waals surface area contributed by atoms with Gasteiger partial charge in [-0.1, -0.05) is 0 Å². The van der Waals surface area contributed by atoms with Crippen molar-refractivity contribution in [3.05, 3.63) is 23.3 Å². The minimum Gasteiger partial charge on any atom is -0.493 e. The van der Waals surface area contributed by atoms with E-state index in [0.717, 1.165) is 11.1 Å². The zero-order valence-electron chi connectivity index (χ0n) is 12.8. The zero-order chi connectivity index (χ0) is 16.3. The molecule has 0 fully saturated rings. The fourth-order valence-corrected chi connectivity index (χ4v) is 2.61. The Morgan fingerprint density at radius 1 is 1.23 bits per heavy atom. The number of carbonyl (C=O) groups excluding carboxylic acids is 2. The van der Waals surface area contributed by atoms with Gasteiger partial charge in [0.1, 0.15) is 0 Å². The van der Waals surface area contributed by atoms with Crippen LogP contribution in [0.15, 0.2) is 12.1 Å². The summed E-state index contributed by atoms with van der Waals surface area (Å²) in [6.07, 6.45) is 0.554. The Kier molecular flexibility index (Phi) is 4.87. The molecule has 1 atom stereocenters. The third-order valence-electron chi connectivity index (χ3n) is 3.77. The number of ether oxygens (including phenoxy) is 2. The Bertz CT molecular complexity index is 588. The Hall–Kier alpha value is -2.28. The molecule has 4 N–H and O–H groups in total. The van der Waals surface area contributed by atoms with Gasteiger partial charge in [0, 0.05) is 13.1 Å². The topological polar surface area (TPSA) is 108 Å². The average molecular weight is 307 g/mol. The van der Waals surface area contributed by atoms with E-state index in [9.17, 15) is 9.59 Å². The highest BCUT2D eigenvalue weighted by Crippen LogP contribution is 2.33. The lowest BCUT2D eigenvalue weighted by Crippen LogP contribution is -2.47. The maximum atomic E-state index is 12.3. The summed E-state index contributed by atoms with van der Waals surface area (Å²) in [5.41, 5.74) is 12.9. The van der Waals surface area contributed by atoms with E-state index in [2.05, 4.69) is 0 Å². The molecule has 1 aliphatic heterocycles. The van der Waals surface area contributed by atoms with E-state index in [1.807, 2.05) is 12.1 Å². The van der Waals surface area contributed by atoms with Crippen LogP contribution in [0.1, 0.15) is 17.5 Å². The van der Waals surface area contributed by atoms with E-state index < -0.39 is 11.9 Å². The monoisotopic (exact) mass is 307 g/mol. The SMILES string of the molecule is COc1cc2c(cc1OC)CN(C(=O)C(N)CC(N)=O)CC2. The predicted octanol–water partition coefficient (Wildman–Crippen LogP) is -0.209. The largest absolute Gasteiger partial charge is 0.493 e. The van der Waals surface area contributed by atoms with Crippen LogP contribution in [0.2, 0.25) is 0 Å². The van der Waals surface area contributed by atoms with Gasteiger partial charge in [-0.2, -0.15) is 0 Å². The summed E-state index contributed by atoms with van der Waals surface area (Å²) in [5.74, 6) is 0.451. The van der Waals surface area contributed by atoms with Gasteiger partial charge in [0.25, 0.3) is 0 Å². The number of hydrogen-bond donors (Lipinski definition) is 2. The Morgan fingerprint density at radius 3 is 2.36 bits per heavy atom. The molecular weight excluding hydrogens is 286 g/mol. The van der Waals surface area contributed by atoms with Gasteiger partial charge in [0.05, 0.1) is 26.7 Å². The molecule has 1 aromatic carbocycles. The Labute approximate surface area is 129 Å². The molecule has 0 radical (unpaired) electrons. The first-order chi connectivity index (χ1) is 10.5. The highest BCUT2D eigenvalue weighted by molar-refractivity contribution is 5.87. The number of nitrogens with two attached hydrogens (primary N) is 2. The van der Waals surface area contributed by atoms with Gasteiger partial charge in [-0.25, -0.2) is 0 Å². The number of nitrogens with zero attached hydrogens (tertiary/aromatic N) is 1. The number of fused-ring (bicyclic) bond motifs is 1. The highest BCUT2D eigenvalue weighted by atomic mass is 16.5. The molecule has 0 spiro atoms. The van der Waals surface area contributed by atoms with Gasteiger partial charge in [0.15, 0.2) is 11.5 Å². The second kappa shape index (κ2) is 6.65. The van der Waals surface area contributed by atoms with E-state index in [-0.39, 0.29) is 12.3 Å². The van der Waals surface area contributed by atoms with Crippen LogP contribution in [0.4, 0.5) is 0 Å². The summed E-state index contributed by atoms with van der Waals surface area (Å²) in [4.78, 5) is 24.8. The van der Waals surface area contributed by atoms with Crippen LogP contribution in [0.3, 0.4) is 0 Å². The lowest BCUT2D eigenvalue weighted by atomic mass is 9.98. The summed E-state index contributed by atoms with van der Waals surface area (Å²) >= 11 is 0. The summed E-state index contributed by atoms with van der Waals surface area (Å²) in [5, 5.41) is 0. The van der Waals surface area contributed by atoms with Crippen molar-refractivity contribution in [2.75, 3.05) is 20.8 Å². The minimum atomic E-state index is -0.890. The lowest BCUT2D eigenvalue weighted by molar-refractivity contribution is -0.135. The van der Waals surface area contributed by atoms with Crippen molar-refractivity contribution >= 4 is 11.8 Å². The molecule has 0 saturated carbocycles. The van der Waals surface area contributed by atoms with E-state index in [1.165, 1.54) is 0 Å². The van der Waals surface area contributed by atoms with E-state index in [4.69, 9.17) is 20.9 Å². The van der Waals surface area contributed by atoms with Gasteiger partial charge < -0.3 is 25.8 Å². The quantitative estimate of drug-likeness (QED) is 0.782. The molecule has 2 rings (SSSR count). The molecule has 0 aromatic heterocycles. The van der Waals surface area contributed by atoms with E-state index >= 15 is 0 Å². The normalized spacial score (nSPS) is 15.0. The van der Waals surface area contributed by atoms with Gasteiger partial charge >= 0.3 is 0 Å². The number of carbonyl (C=O) groups is 2. The fraction of sp³-hybridized carbons (Fsp3) is 0.467. The van der Waals surface area contributed by atoms with E-state index in [1.54, 1.807) is 19.1 Å². The number of amides is 2. The number of methoxy groups -OCH3 is 2. The van der Waals surface area contributed by atoms with Crippen molar-refractivity contribution in [1.29, 1.82) is 0 Å². The van der Waals surface area contributed by atoms with Crippen molar-refractivity contribution in [3.63, 3.8) is 0 Å². The van der Waals surface area contributed by atoms with Crippen molar-refractivity contribution in [1.82, 2.24) is 4.90 Å². The molecule has 1 aliphatic rings. The first-order valence-electron chi connectivity index (χ1n) is 7.02. The Balaban J connectivity index is 2.17. The average Bonchev–Trinajstić information content (AvgIpc) is 2.51. The molecule has 22 heavy (non-hydrogen) atoms. The predicted molar refractivity (Wildman–Crippen MR) is 80.5 cm³/mol. The molecule has 7 nitrogen and oxygen atoms in total. The molecule has 7 heteroatoms. The molecule has 2 amide bonds. The van der Waals surface area contributed by atoms with Crippen LogP contribution in [-0.4, -0.2) is 43.5 Å². The minimum absolute atomic E-state index is 0.145. The van der Waals surface area contributed by atoms with E-state index in [0.29, 0.717) is 31.0 Å². The molecule has 0 aliphatic carbocycles. The van der Waals surface area contributed by atoms with Crippen molar-refractivity contribution in [3.8, 4) is 11.5 Å². The van der Waals surface area contributed by atoms with Crippen LogP contribution in [0.25, 0.3) is 0 Å². The van der Waals surface area contributed by atoms with Gasteiger partial charge in [0.2, 0.25) is 11.8 Å². The number of hydrogen-bond acceptors (Lipinski definition) is 5. The summed E-state index contributed by atoms with van der Waals surface area (Å²) in [7, 11) is 3.16. The molecule has 1 heterocycles. The second-order valence-electron chi connectivity index (χ2n) is 5.26. The Morgan fingerprint density at radius 2 is 1.82 bits per heavy atom. The van der Waals surface area contributed by atoms with Crippen LogP contribution < -0.4 is 20.9 Å². The van der Waals surface area contributed by atoms with Crippen molar-refractivity contribution in [2.24, 2.45) is 11.5 Å². The zero-order valence-corrected chi connectivity index (χ0v) is 12.8. The summed E-state index contributed by atoms with van der Waals surface area (Å²) in [6, 6.07) is 2.91. The molecule has 120 valence electrons. The van der Waals surface area contributed by atoms with Gasteiger partial charge in [-0.15, -0.1) is 0 Å². The summed E-state index contributed by atoms with van der Waals surface area (Å²) < 4.78 is 10.6. The molecular formula is C15H21N3O4. The number of rotatable bonds is 5. The maximum absolute atomic E-state index is 12.3. The standard InChI is InChI=1S/C15H21N3O4/c1-21-12-5-9-3-4-18(8-10(9)6-13(12)22-2)15(20)11(16)7-14(17)19/h5-6,11H,3-4,7-8,16H2,1-2H3,(H2,17,19). The molecule has 0 bridgehead atoms. The fourth-order valence-electron chi connectivity index (χ4n) is 2.61. The highest BCUT2D eigenvalue weighted by Gasteiger charge is 2.27. The van der Waals surface area contributed by atoms with Crippen LogP contribution in [0.5, 0.6) is 11.5 Å². The first kappa shape index (κ1) is 16.1. The third-order valence-corrected chi connectivity index (χ3v) is 3.77. The summed E-state index contributed by atoms with van der Waals surface area (Å²) in [6.45, 7) is 0.981. The van der Waals surface area contributed by atoms with Gasteiger partial charge in [-0.3, -0.25) is 9.59 Å². The smallest absolute Gasteiger partial charge is 0.240 e. The van der Waals surface area contributed by atoms with Crippen molar-refractivity contribution < 1.29 is 19.1 Å². The van der Waals surface area contributed by atoms with Crippen LogP contribution in [0, 0.1) is 0 Å². The number of primary amides is 1. The number of benzene rings is 1. The third kappa shape index (κ3) is 3.30. The molecule has 1 unspecified atom stereocenters. The first-order valence-corrected chi connectivity index (χ1v) is 7.02. The van der Waals surface area contributed by atoms with Crippen LogP contribution >= 0.6 is 0 Å². The molecule has 0 saturated heterocycles. The maximum Gasteiger partial charge on any atom is 0.240 e. The van der Waals surface area contributed by atoms with Gasteiger partial charge in [-0.05, 0) is 29.7 Å². The van der Waals surface area contributed by atoms with Crippen molar-refractivity contribution in [2.45, 2.75) is 25.4 Å². The second-order valence-corrected chi connectivity index (χ2v) is 5.26. The lowest BCUT2D eigenvalue weighted by Gasteiger charge is -2.31. The van der Waals surface area contributed by atoms with Crippen LogP contribution in [-0.2, 0) is 22.6 Å².